The Morgan fingerprint density at radius 2 is 1.89 bits per heavy atom. The number of rotatable bonds is 3. The van der Waals surface area contributed by atoms with Crippen LogP contribution >= 0.6 is 15.9 Å². The van der Waals surface area contributed by atoms with Crippen LogP contribution in [-0.4, -0.2) is 4.57 Å². The highest BCUT2D eigenvalue weighted by Crippen LogP contribution is 2.16. The Morgan fingerprint density at radius 1 is 1.17 bits per heavy atom. The van der Waals surface area contributed by atoms with Crippen LogP contribution in [0.15, 0.2) is 64.8 Å². The van der Waals surface area contributed by atoms with Gasteiger partial charge in [0.05, 0.1) is 0 Å². The summed E-state index contributed by atoms with van der Waals surface area (Å²) in [5.74, 6) is 0. The normalized spacial score (nSPS) is 11.6. The molecule has 2 rings (SSSR count). The zero-order valence-corrected chi connectivity index (χ0v) is 11.9. The summed E-state index contributed by atoms with van der Waals surface area (Å²) >= 11 is 3.26. The molecule has 0 unspecified atom stereocenters. The SMILES string of the molecule is C=C(Br)N=c1ccc(-c2ccccc2)cn1CC. The molecule has 0 aliphatic heterocycles. The molecule has 1 aromatic carbocycles. The van der Waals surface area contributed by atoms with Crippen LogP contribution in [0.5, 0.6) is 0 Å². The molecule has 0 bridgehead atoms. The van der Waals surface area contributed by atoms with Crippen molar-refractivity contribution in [3.05, 3.63) is 65.3 Å². The number of hydrogen-bond acceptors (Lipinski definition) is 1. The molecule has 2 nitrogen and oxygen atoms in total. The average molecular weight is 303 g/mol. The summed E-state index contributed by atoms with van der Waals surface area (Å²) in [6.45, 7) is 6.72. The van der Waals surface area contributed by atoms with Gasteiger partial charge in [-0.1, -0.05) is 36.9 Å². The van der Waals surface area contributed by atoms with Gasteiger partial charge < -0.3 is 4.57 Å². The molecule has 1 aromatic heterocycles. The van der Waals surface area contributed by atoms with Gasteiger partial charge in [-0.05, 0) is 46.1 Å². The number of hydrogen-bond donors (Lipinski definition) is 0. The van der Waals surface area contributed by atoms with E-state index in [1.54, 1.807) is 0 Å². The summed E-state index contributed by atoms with van der Waals surface area (Å²) in [4.78, 5) is 4.35. The summed E-state index contributed by atoms with van der Waals surface area (Å²) < 4.78 is 2.74. The molecule has 2 aromatic rings. The molecule has 0 saturated heterocycles. The van der Waals surface area contributed by atoms with Crippen molar-refractivity contribution in [2.75, 3.05) is 0 Å². The largest absolute Gasteiger partial charge is 0.333 e. The molecular weight excluding hydrogens is 288 g/mol. The minimum absolute atomic E-state index is 0.636. The molecule has 0 aliphatic rings. The van der Waals surface area contributed by atoms with Crippen LogP contribution in [0.25, 0.3) is 11.1 Å². The lowest BCUT2D eigenvalue weighted by Crippen LogP contribution is -2.19. The zero-order valence-electron chi connectivity index (χ0n) is 10.3. The Kier molecular flexibility index (Phi) is 4.15. The van der Waals surface area contributed by atoms with Crippen LogP contribution in [-0.2, 0) is 6.54 Å². The van der Waals surface area contributed by atoms with E-state index in [1.807, 2.05) is 24.3 Å². The molecule has 3 heteroatoms. The van der Waals surface area contributed by atoms with Gasteiger partial charge in [-0.3, -0.25) is 0 Å². The summed E-state index contributed by atoms with van der Waals surface area (Å²) in [7, 11) is 0. The van der Waals surface area contributed by atoms with E-state index in [0.29, 0.717) is 4.61 Å². The molecule has 0 amide bonds. The van der Waals surface area contributed by atoms with Crippen LogP contribution in [0.1, 0.15) is 6.92 Å². The second-order valence-electron chi connectivity index (χ2n) is 3.92. The molecule has 1 heterocycles. The molecule has 0 aliphatic carbocycles. The van der Waals surface area contributed by atoms with Crippen molar-refractivity contribution in [1.29, 1.82) is 0 Å². The first kappa shape index (κ1) is 12.8. The van der Waals surface area contributed by atoms with E-state index in [1.165, 1.54) is 11.1 Å². The van der Waals surface area contributed by atoms with E-state index < -0.39 is 0 Å². The predicted molar refractivity (Wildman–Crippen MR) is 79.2 cm³/mol. The third-order valence-electron chi connectivity index (χ3n) is 2.68. The van der Waals surface area contributed by atoms with Gasteiger partial charge in [-0.2, -0.15) is 0 Å². The summed E-state index contributed by atoms with van der Waals surface area (Å²) in [6.07, 6.45) is 2.12. The Hall–Kier alpha value is -1.61. The molecule has 0 spiro atoms. The number of benzene rings is 1. The van der Waals surface area contributed by atoms with Crippen LogP contribution in [0, 0.1) is 0 Å². The molecule has 0 radical (unpaired) electrons. The Morgan fingerprint density at radius 3 is 2.50 bits per heavy atom. The van der Waals surface area contributed by atoms with Gasteiger partial charge in [-0.15, -0.1) is 0 Å². The number of halogens is 1. The second kappa shape index (κ2) is 5.83. The highest BCUT2D eigenvalue weighted by molar-refractivity contribution is 9.11. The lowest BCUT2D eigenvalue weighted by atomic mass is 10.1. The van der Waals surface area contributed by atoms with Crippen molar-refractivity contribution in [2.24, 2.45) is 4.99 Å². The first-order chi connectivity index (χ1) is 8.70. The van der Waals surface area contributed by atoms with Gasteiger partial charge in [0.25, 0.3) is 0 Å². The van der Waals surface area contributed by atoms with Gasteiger partial charge in [0, 0.05) is 12.7 Å². The van der Waals surface area contributed by atoms with E-state index in [-0.39, 0.29) is 0 Å². The molecule has 0 fully saturated rings. The van der Waals surface area contributed by atoms with Crippen LogP contribution in [0.4, 0.5) is 0 Å². The first-order valence-corrected chi connectivity index (χ1v) is 6.65. The summed E-state index contributed by atoms with van der Waals surface area (Å²) in [5, 5.41) is 0. The van der Waals surface area contributed by atoms with Crippen molar-refractivity contribution >= 4 is 15.9 Å². The maximum atomic E-state index is 4.35. The van der Waals surface area contributed by atoms with Crippen LogP contribution < -0.4 is 5.49 Å². The van der Waals surface area contributed by atoms with Crippen molar-refractivity contribution in [3.63, 3.8) is 0 Å². The van der Waals surface area contributed by atoms with E-state index in [0.717, 1.165) is 12.0 Å². The predicted octanol–water partition coefficient (Wildman–Crippen LogP) is 3.94. The number of nitrogens with zero attached hydrogens (tertiary/aromatic N) is 2. The van der Waals surface area contributed by atoms with Crippen molar-refractivity contribution in [3.8, 4) is 11.1 Å². The standard InChI is InChI=1S/C15H15BrN2/c1-3-18-11-14(13-7-5-4-6-8-13)9-10-15(18)17-12(2)16/h4-11H,2-3H2,1H3. The minimum atomic E-state index is 0.636. The van der Waals surface area contributed by atoms with Crippen LogP contribution in [0.3, 0.4) is 0 Å². The third-order valence-corrected chi connectivity index (χ3v) is 2.86. The number of pyridine rings is 1. The molecular formula is C15H15BrN2. The molecule has 92 valence electrons. The molecule has 0 N–H and O–H groups in total. The fourth-order valence-electron chi connectivity index (χ4n) is 1.82. The quantitative estimate of drug-likeness (QED) is 0.764. The van der Waals surface area contributed by atoms with Gasteiger partial charge >= 0.3 is 0 Å². The molecule has 0 saturated carbocycles. The lowest BCUT2D eigenvalue weighted by molar-refractivity contribution is 0.713. The van der Waals surface area contributed by atoms with Crippen molar-refractivity contribution in [1.82, 2.24) is 4.57 Å². The number of aromatic nitrogens is 1. The maximum Gasteiger partial charge on any atom is 0.133 e. The van der Waals surface area contributed by atoms with Crippen molar-refractivity contribution < 1.29 is 0 Å². The van der Waals surface area contributed by atoms with E-state index in [4.69, 9.17) is 0 Å². The first-order valence-electron chi connectivity index (χ1n) is 5.85. The minimum Gasteiger partial charge on any atom is -0.333 e. The third kappa shape index (κ3) is 2.99. The monoisotopic (exact) mass is 302 g/mol. The van der Waals surface area contributed by atoms with Gasteiger partial charge in [-0.25, -0.2) is 4.99 Å². The molecule has 18 heavy (non-hydrogen) atoms. The Bertz CT molecular complexity index is 612. The fraction of sp³-hybridized carbons (Fsp3) is 0.133. The Labute approximate surface area is 115 Å². The zero-order chi connectivity index (χ0) is 13.0. The van der Waals surface area contributed by atoms with Gasteiger partial charge in [0.1, 0.15) is 10.1 Å². The average Bonchev–Trinajstić information content (AvgIpc) is 2.39. The maximum absolute atomic E-state index is 4.35. The Balaban J connectivity index is 2.52. The van der Waals surface area contributed by atoms with Crippen LogP contribution in [0.2, 0.25) is 0 Å². The lowest BCUT2D eigenvalue weighted by Gasteiger charge is -2.08. The highest BCUT2D eigenvalue weighted by atomic mass is 79.9. The number of aryl methyl sites for hydroxylation is 1. The highest BCUT2D eigenvalue weighted by Gasteiger charge is 1.99. The van der Waals surface area contributed by atoms with E-state index in [2.05, 4.69) is 63.4 Å². The molecule has 0 atom stereocenters. The smallest absolute Gasteiger partial charge is 0.133 e. The van der Waals surface area contributed by atoms with Gasteiger partial charge in [0.2, 0.25) is 0 Å². The van der Waals surface area contributed by atoms with E-state index >= 15 is 0 Å². The summed E-state index contributed by atoms with van der Waals surface area (Å²) in [5.41, 5.74) is 3.31. The van der Waals surface area contributed by atoms with Gasteiger partial charge in [0.15, 0.2) is 0 Å². The topological polar surface area (TPSA) is 17.3 Å². The second-order valence-corrected chi connectivity index (χ2v) is 4.83. The fourth-order valence-corrected chi connectivity index (χ4v) is 2.00. The van der Waals surface area contributed by atoms with E-state index in [9.17, 15) is 0 Å². The summed E-state index contributed by atoms with van der Waals surface area (Å²) in [6, 6.07) is 14.4. The van der Waals surface area contributed by atoms with Crippen molar-refractivity contribution in [2.45, 2.75) is 13.5 Å².